The van der Waals surface area contributed by atoms with Crippen LogP contribution in [0.5, 0.6) is 0 Å². The third kappa shape index (κ3) is 15.8. The fourth-order valence-corrected chi connectivity index (χ4v) is 2.68. The Balaban J connectivity index is 3.09. The molecule has 0 aromatic carbocycles. The number of aliphatic hydroxyl groups is 1. The molecule has 1 nitrogen and oxygen atoms in total. The first-order chi connectivity index (χ1) is 9.81. The summed E-state index contributed by atoms with van der Waals surface area (Å²) in [6.07, 6.45) is 21.0. The molecule has 0 amide bonds. The van der Waals surface area contributed by atoms with E-state index in [1.54, 1.807) is 0 Å². The second kappa shape index (κ2) is 16.8. The molecule has 1 unspecified atom stereocenters. The molecule has 0 saturated heterocycles. The van der Waals surface area contributed by atoms with Crippen molar-refractivity contribution in [3.8, 4) is 0 Å². The Morgan fingerprint density at radius 2 is 1.20 bits per heavy atom. The van der Waals surface area contributed by atoms with Gasteiger partial charge in [-0.15, -0.1) is 6.58 Å². The van der Waals surface area contributed by atoms with Crippen molar-refractivity contribution in [3.05, 3.63) is 12.7 Å². The van der Waals surface area contributed by atoms with Gasteiger partial charge < -0.3 is 5.11 Å². The number of aliphatic hydroxyl groups excluding tert-OH is 1. The SMILES string of the molecule is C=CCCCCC(O)CCCCCCCCCCCC. The highest BCUT2D eigenvalue weighted by atomic mass is 16.3. The van der Waals surface area contributed by atoms with Gasteiger partial charge >= 0.3 is 0 Å². The van der Waals surface area contributed by atoms with Crippen LogP contribution in [0.3, 0.4) is 0 Å². The van der Waals surface area contributed by atoms with E-state index in [2.05, 4.69) is 13.5 Å². The molecule has 0 aliphatic carbocycles. The lowest BCUT2D eigenvalue weighted by Gasteiger charge is -2.09. The molecule has 0 aliphatic rings. The van der Waals surface area contributed by atoms with E-state index >= 15 is 0 Å². The maximum atomic E-state index is 9.85. The molecule has 0 spiro atoms. The second-order valence-corrected chi connectivity index (χ2v) is 6.20. The average Bonchev–Trinajstić information content (AvgIpc) is 2.45. The monoisotopic (exact) mass is 282 g/mol. The maximum absolute atomic E-state index is 9.85. The zero-order valence-corrected chi connectivity index (χ0v) is 13.9. The fraction of sp³-hybridized carbons (Fsp3) is 0.895. The second-order valence-electron chi connectivity index (χ2n) is 6.20. The highest BCUT2D eigenvalue weighted by molar-refractivity contribution is 4.66. The molecule has 0 radical (unpaired) electrons. The van der Waals surface area contributed by atoms with Gasteiger partial charge in [0, 0.05) is 0 Å². The van der Waals surface area contributed by atoms with Gasteiger partial charge in [-0.05, 0) is 25.7 Å². The highest BCUT2D eigenvalue weighted by Gasteiger charge is 2.03. The zero-order chi connectivity index (χ0) is 14.9. The molecule has 0 saturated carbocycles. The Bertz CT molecular complexity index is 188. The first-order valence-electron chi connectivity index (χ1n) is 9.10. The molecule has 0 fully saturated rings. The molecular formula is C19H38O. The number of hydrogen-bond donors (Lipinski definition) is 1. The van der Waals surface area contributed by atoms with Gasteiger partial charge in [0.15, 0.2) is 0 Å². The van der Waals surface area contributed by atoms with E-state index in [4.69, 9.17) is 0 Å². The van der Waals surface area contributed by atoms with Gasteiger partial charge in [-0.25, -0.2) is 0 Å². The quantitative estimate of drug-likeness (QED) is 0.256. The van der Waals surface area contributed by atoms with E-state index in [9.17, 15) is 5.11 Å². The normalized spacial score (nSPS) is 12.5. The van der Waals surface area contributed by atoms with Gasteiger partial charge in [-0.1, -0.05) is 83.6 Å². The summed E-state index contributed by atoms with van der Waals surface area (Å²) >= 11 is 0. The van der Waals surface area contributed by atoms with Crippen molar-refractivity contribution in [3.63, 3.8) is 0 Å². The standard InChI is InChI=1S/C19H38O/c1-3-5-7-9-10-11-12-13-14-16-18-19(20)17-15-8-6-4-2/h4,19-20H,2-3,5-18H2,1H3. The lowest BCUT2D eigenvalue weighted by Crippen LogP contribution is -2.05. The summed E-state index contributed by atoms with van der Waals surface area (Å²) < 4.78 is 0. The highest BCUT2D eigenvalue weighted by Crippen LogP contribution is 2.14. The number of allylic oxidation sites excluding steroid dienone is 1. The Labute approximate surface area is 127 Å². The summed E-state index contributed by atoms with van der Waals surface area (Å²) in [5.41, 5.74) is 0. The lowest BCUT2D eigenvalue weighted by atomic mass is 10.0. The molecule has 0 aliphatic heterocycles. The van der Waals surface area contributed by atoms with Crippen LogP contribution in [-0.2, 0) is 0 Å². The van der Waals surface area contributed by atoms with Crippen LogP contribution in [0, 0.1) is 0 Å². The zero-order valence-electron chi connectivity index (χ0n) is 13.9. The molecule has 1 atom stereocenters. The van der Waals surface area contributed by atoms with Crippen LogP contribution in [-0.4, -0.2) is 11.2 Å². The summed E-state index contributed by atoms with van der Waals surface area (Å²) in [6.45, 7) is 5.99. The van der Waals surface area contributed by atoms with Crippen LogP contribution in [0.15, 0.2) is 12.7 Å². The number of unbranched alkanes of at least 4 members (excludes halogenated alkanes) is 11. The fourth-order valence-electron chi connectivity index (χ4n) is 2.68. The molecule has 1 N–H and O–H groups in total. The summed E-state index contributed by atoms with van der Waals surface area (Å²) in [6, 6.07) is 0. The van der Waals surface area contributed by atoms with E-state index in [1.807, 2.05) is 6.08 Å². The summed E-state index contributed by atoms with van der Waals surface area (Å²) in [5, 5.41) is 9.85. The van der Waals surface area contributed by atoms with Gasteiger partial charge in [0.25, 0.3) is 0 Å². The minimum atomic E-state index is -0.0612. The molecule has 120 valence electrons. The van der Waals surface area contributed by atoms with Gasteiger partial charge in [0.05, 0.1) is 6.10 Å². The van der Waals surface area contributed by atoms with E-state index in [-0.39, 0.29) is 6.10 Å². The predicted molar refractivity (Wildman–Crippen MR) is 91.1 cm³/mol. The Morgan fingerprint density at radius 1 is 0.750 bits per heavy atom. The number of rotatable bonds is 16. The molecule has 0 aromatic rings. The minimum Gasteiger partial charge on any atom is -0.393 e. The Kier molecular flexibility index (Phi) is 16.5. The summed E-state index contributed by atoms with van der Waals surface area (Å²) in [7, 11) is 0. The molecule has 0 aromatic heterocycles. The summed E-state index contributed by atoms with van der Waals surface area (Å²) in [4.78, 5) is 0. The van der Waals surface area contributed by atoms with Gasteiger partial charge in [-0.3, -0.25) is 0 Å². The van der Waals surface area contributed by atoms with Gasteiger partial charge in [0.2, 0.25) is 0 Å². The maximum Gasteiger partial charge on any atom is 0.0540 e. The van der Waals surface area contributed by atoms with E-state index in [0.717, 1.165) is 25.7 Å². The smallest absolute Gasteiger partial charge is 0.0540 e. The van der Waals surface area contributed by atoms with Gasteiger partial charge in [0.1, 0.15) is 0 Å². The molecule has 20 heavy (non-hydrogen) atoms. The Hall–Kier alpha value is -0.300. The number of hydrogen-bond acceptors (Lipinski definition) is 1. The van der Waals surface area contributed by atoms with Crippen LogP contribution in [0.1, 0.15) is 103 Å². The van der Waals surface area contributed by atoms with Crippen molar-refractivity contribution in [2.45, 2.75) is 109 Å². The predicted octanol–water partition coefficient (Wildman–Crippen LogP) is 6.40. The summed E-state index contributed by atoms with van der Waals surface area (Å²) in [5.74, 6) is 0. The van der Waals surface area contributed by atoms with Crippen LogP contribution in [0.25, 0.3) is 0 Å². The first-order valence-corrected chi connectivity index (χ1v) is 9.10. The van der Waals surface area contributed by atoms with E-state index in [1.165, 1.54) is 70.6 Å². The van der Waals surface area contributed by atoms with Crippen LogP contribution < -0.4 is 0 Å². The topological polar surface area (TPSA) is 20.2 Å². The lowest BCUT2D eigenvalue weighted by molar-refractivity contribution is 0.147. The van der Waals surface area contributed by atoms with Crippen molar-refractivity contribution in [1.82, 2.24) is 0 Å². The van der Waals surface area contributed by atoms with Crippen LogP contribution in [0.2, 0.25) is 0 Å². The minimum absolute atomic E-state index is 0.0612. The Morgan fingerprint density at radius 3 is 1.70 bits per heavy atom. The largest absolute Gasteiger partial charge is 0.393 e. The molecule has 0 heterocycles. The van der Waals surface area contributed by atoms with Crippen molar-refractivity contribution >= 4 is 0 Å². The molecule has 0 bridgehead atoms. The van der Waals surface area contributed by atoms with Crippen molar-refractivity contribution < 1.29 is 5.11 Å². The molecule has 0 rings (SSSR count). The molecular weight excluding hydrogens is 244 g/mol. The van der Waals surface area contributed by atoms with Crippen LogP contribution in [0.4, 0.5) is 0 Å². The van der Waals surface area contributed by atoms with Gasteiger partial charge in [-0.2, -0.15) is 0 Å². The van der Waals surface area contributed by atoms with E-state index < -0.39 is 0 Å². The first kappa shape index (κ1) is 19.7. The van der Waals surface area contributed by atoms with Crippen molar-refractivity contribution in [1.29, 1.82) is 0 Å². The third-order valence-corrected chi connectivity index (χ3v) is 4.09. The van der Waals surface area contributed by atoms with E-state index in [0.29, 0.717) is 0 Å². The van der Waals surface area contributed by atoms with Crippen molar-refractivity contribution in [2.75, 3.05) is 0 Å². The third-order valence-electron chi connectivity index (χ3n) is 4.09. The van der Waals surface area contributed by atoms with Crippen LogP contribution >= 0.6 is 0 Å². The van der Waals surface area contributed by atoms with Crippen molar-refractivity contribution in [2.24, 2.45) is 0 Å². The average molecular weight is 283 g/mol. The molecule has 1 heteroatoms.